The summed E-state index contributed by atoms with van der Waals surface area (Å²) >= 11 is 1.72. The van der Waals surface area contributed by atoms with Crippen LogP contribution in [0.1, 0.15) is 28.5 Å². The molecule has 0 aliphatic carbocycles. The van der Waals surface area contributed by atoms with Crippen molar-refractivity contribution in [1.82, 2.24) is 10.3 Å². The fourth-order valence-corrected chi connectivity index (χ4v) is 2.28. The van der Waals surface area contributed by atoms with Gasteiger partial charge >= 0.3 is 0 Å². The summed E-state index contributed by atoms with van der Waals surface area (Å²) in [6.07, 6.45) is 0. The van der Waals surface area contributed by atoms with Crippen LogP contribution in [0, 0.1) is 13.8 Å². The van der Waals surface area contributed by atoms with Crippen LogP contribution in [0.3, 0.4) is 0 Å². The van der Waals surface area contributed by atoms with Crippen LogP contribution in [0.25, 0.3) is 0 Å². The smallest absolute Gasteiger partial charge is 0.0900 e. The van der Waals surface area contributed by atoms with Gasteiger partial charge in [-0.2, -0.15) is 0 Å². The normalized spacial score (nSPS) is 13.2. The lowest BCUT2D eigenvalue weighted by Crippen LogP contribution is -2.21. The maximum absolute atomic E-state index is 8.66. The summed E-state index contributed by atoms with van der Waals surface area (Å²) in [6, 6.07) is 0.290. The van der Waals surface area contributed by atoms with E-state index >= 15 is 0 Å². The van der Waals surface area contributed by atoms with Gasteiger partial charge in [0.1, 0.15) is 0 Å². The Morgan fingerprint density at radius 3 is 2.69 bits per heavy atom. The van der Waals surface area contributed by atoms with E-state index in [-0.39, 0.29) is 6.61 Å². The first-order chi connectivity index (χ1) is 6.15. The van der Waals surface area contributed by atoms with Crippen LogP contribution in [0.5, 0.6) is 0 Å². The molecule has 4 heteroatoms. The molecule has 0 saturated heterocycles. The van der Waals surface area contributed by atoms with Crippen LogP contribution in [0.15, 0.2) is 0 Å². The van der Waals surface area contributed by atoms with E-state index in [9.17, 15) is 0 Å². The molecule has 0 radical (unpaired) electrons. The molecule has 0 spiro atoms. The molecule has 1 unspecified atom stereocenters. The third kappa shape index (κ3) is 2.76. The summed E-state index contributed by atoms with van der Waals surface area (Å²) in [6.45, 7) is 6.95. The highest BCUT2D eigenvalue weighted by atomic mass is 32.1. The molecule has 2 N–H and O–H groups in total. The molecular weight excluding hydrogens is 184 g/mol. The Kier molecular flexibility index (Phi) is 3.84. The van der Waals surface area contributed by atoms with Gasteiger partial charge < -0.3 is 10.4 Å². The first kappa shape index (κ1) is 10.6. The zero-order chi connectivity index (χ0) is 9.84. The minimum Gasteiger partial charge on any atom is -0.395 e. The standard InChI is InChI=1S/C9H16N2OS/c1-6(10-4-5-12)9-7(2)11-8(3)13-9/h6,10,12H,4-5H2,1-3H3. The van der Waals surface area contributed by atoms with Gasteiger partial charge in [-0.1, -0.05) is 0 Å². The Balaban J connectivity index is 2.64. The van der Waals surface area contributed by atoms with Crippen molar-refractivity contribution in [3.8, 4) is 0 Å². The second kappa shape index (κ2) is 4.69. The molecule has 0 saturated carbocycles. The number of hydrogen-bond donors (Lipinski definition) is 2. The van der Waals surface area contributed by atoms with Crippen molar-refractivity contribution in [3.63, 3.8) is 0 Å². The minimum absolute atomic E-state index is 0.182. The highest BCUT2D eigenvalue weighted by Crippen LogP contribution is 2.23. The lowest BCUT2D eigenvalue weighted by molar-refractivity contribution is 0.286. The summed E-state index contributed by atoms with van der Waals surface area (Å²) in [5.74, 6) is 0. The average Bonchev–Trinajstić information content (AvgIpc) is 2.41. The van der Waals surface area contributed by atoms with Crippen LogP contribution in [-0.2, 0) is 0 Å². The quantitative estimate of drug-likeness (QED) is 0.772. The van der Waals surface area contributed by atoms with Crippen LogP contribution in [-0.4, -0.2) is 23.2 Å². The molecule has 0 aliphatic heterocycles. The number of nitrogens with one attached hydrogen (secondary N) is 1. The number of rotatable bonds is 4. The molecule has 1 heterocycles. The molecule has 0 bridgehead atoms. The zero-order valence-electron chi connectivity index (χ0n) is 8.29. The summed E-state index contributed by atoms with van der Waals surface area (Å²) in [5, 5.41) is 13.0. The number of aromatic nitrogens is 1. The molecular formula is C9H16N2OS. The van der Waals surface area contributed by atoms with Gasteiger partial charge in [0.25, 0.3) is 0 Å². The maximum Gasteiger partial charge on any atom is 0.0900 e. The maximum atomic E-state index is 8.66. The van der Waals surface area contributed by atoms with E-state index in [1.807, 2.05) is 13.8 Å². The molecule has 0 fully saturated rings. The first-order valence-electron chi connectivity index (χ1n) is 4.43. The highest BCUT2D eigenvalue weighted by molar-refractivity contribution is 7.11. The van der Waals surface area contributed by atoms with Crippen molar-refractivity contribution in [3.05, 3.63) is 15.6 Å². The molecule has 1 aromatic rings. The molecule has 13 heavy (non-hydrogen) atoms. The van der Waals surface area contributed by atoms with Gasteiger partial charge in [-0.15, -0.1) is 11.3 Å². The fraction of sp³-hybridized carbons (Fsp3) is 0.667. The van der Waals surface area contributed by atoms with Gasteiger partial charge in [0.15, 0.2) is 0 Å². The van der Waals surface area contributed by atoms with Gasteiger partial charge in [0.05, 0.1) is 17.3 Å². The summed E-state index contributed by atoms with van der Waals surface area (Å²) in [7, 11) is 0. The van der Waals surface area contributed by atoms with Crippen molar-refractivity contribution in [2.24, 2.45) is 0 Å². The lowest BCUT2D eigenvalue weighted by Gasteiger charge is -2.10. The van der Waals surface area contributed by atoms with Gasteiger partial charge in [-0.25, -0.2) is 4.98 Å². The van der Waals surface area contributed by atoms with Crippen LogP contribution in [0.2, 0.25) is 0 Å². The lowest BCUT2D eigenvalue weighted by atomic mass is 10.2. The fourth-order valence-electron chi connectivity index (χ4n) is 1.32. The van der Waals surface area contributed by atoms with Crippen molar-refractivity contribution >= 4 is 11.3 Å². The van der Waals surface area contributed by atoms with Gasteiger partial charge in [-0.05, 0) is 20.8 Å². The molecule has 74 valence electrons. The number of nitrogens with zero attached hydrogens (tertiary/aromatic N) is 1. The highest BCUT2D eigenvalue weighted by Gasteiger charge is 2.11. The molecule has 3 nitrogen and oxygen atoms in total. The average molecular weight is 200 g/mol. The molecule has 1 rings (SSSR count). The summed E-state index contributed by atoms with van der Waals surface area (Å²) in [4.78, 5) is 5.63. The summed E-state index contributed by atoms with van der Waals surface area (Å²) < 4.78 is 0. The second-order valence-electron chi connectivity index (χ2n) is 3.08. The van der Waals surface area contributed by atoms with Crippen LogP contribution < -0.4 is 5.32 Å². The third-order valence-corrected chi connectivity index (χ3v) is 3.15. The Morgan fingerprint density at radius 1 is 1.54 bits per heavy atom. The van der Waals surface area contributed by atoms with Gasteiger partial charge in [-0.3, -0.25) is 0 Å². The Bertz CT molecular complexity index is 273. The minimum atomic E-state index is 0.182. The van der Waals surface area contributed by atoms with Crippen LogP contribution in [0.4, 0.5) is 0 Å². The Labute approximate surface area is 82.8 Å². The van der Waals surface area contributed by atoms with E-state index in [0.29, 0.717) is 12.6 Å². The van der Waals surface area contributed by atoms with Gasteiger partial charge in [0, 0.05) is 17.5 Å². The van der Waals surface area contributed by atoms with Crippen LogP contribution >= 0.6 is 11.3 Å². The largest absolute Gasteiger partial charge is 0.395 e. The Hall–Kier alpha value is -0.450. The van der Waals surface area contributed by atoms with Crippen molar-refractivity contribution in [2.75, 3.05) is 13.2 Å². The predicted octanol–water partition coefficient (Wildman–Crippen LogP) is 1.40. The monoisotopic (exact) mass is 200 g/mol. The number of hydrogen-bond acceptors (Lipinski definition) is 4. The van der Waals surface area contributed by atoms with E-state index in [4.69, 9.17) is 5.11 Å². The van der Waals surface area contributed by atoms with Crippen molar-refractivity contribution in [1.29, 1.82) is 0 Å². The molecule has 1 atom stereocenters. The van der Waals surface area contributed by atoms with Crippen molar-refractivity contribution < 1.29 is 5.11 Å². The second-order valence-corrected chi connectivity index (χ2v) is 4.32. The summed E-state index contributed by atoms with van der Waals surface area (Å²) in [5.41, 5.74) is 1.10. The molecule has 0 aromatic carbocycles. The number of aliphatic hydroxyl groups excluding tert-OH is 1. The SMILES string of the molecule is Cc1nc(C)c(C(C)NCCO)s1. The number of aryl methyl sites for hydroxylation is 2. The number of aliphatic hydroxyl groups is 1. The van der Waals surface area contributed by atoms with Crippen molar-refractivity contribution in [2.45, 2.75) is 26.8 Å². The number of thiazole rings is 1. The Morgan fingerprint density at radius 2 is 2.23 bits per heavy atom. The van der Waals surface area contributed by atoms with E-state index < -0.39 is 0 Å². The molecule has 1 aromatic heterocycles. The van der Waals surface area contributed by atoms with Gasteiger partial charge in [0.2, 0.25) is 0 Å². The predicted molar refractivity (Wildman–Crippen MR) is 55.1 cm³/mol. The van der Waals surface area contributed by atoms with E-state index in [2.05, 4.69) is 17.2 Å². The molecule has 0 aliphatic rings. The third-order valence-electron chi connectivity index (χ3n) is 1.90. The zero-order valence-corrected chi connectivity index (χ0v) is 9.11. The van der Waals surface area contributed by atoms with E-state index in [0.717, 1.165) is 10.7 Å². The topological polar surface area (TPSA) is 45.2 Å². The molecule has 0 amide bonds. The van der Waals surface area contributed by atoms with E-state index in [1.165, 1.54) is 4.88 Å². The van der Waals surface area contributed by atoms with E-state index in [1.54, 1.807) is 11.3 Å². The first-order valence-corrected chi connectivity index (χ1v) is 5.25.